The summed E-state index contributed by atoms with van der Waals surface area (Å²) in [5, 5.41) is 1.16. The Kier molecular flexibility index (Phi) is 4.14. The van der Waals surface area contributed by atoms with Crippen LogP contribution in [0.1, 0.15) is 0 Å². The average molecular weight is 258 g/mol. The molecule has 0 saturated heterocycles. The van der Waals surface area contributed by atoms with E-state index >= 15 is 0 Å². The summed E-state index contributed by atoms with van der Waals surface area (Å²) in [6.45, 7) is 0. The average Bonchev–Trinajstić information content (AvgIpc) is 1.81. The molecule has 0 atom stereocenters. The van der Waals surface area contributed by atoms with Crippen molar-refractivity contribution < 1.29 is 0 Å². The summed E-state index contributed by atoms with van der Waals surface area (Å²) in [6.07, 6.45) is 0. The Balaban J connectivity index is 2.93. The van der Waals surface area contributed by atoms with Crippen LogP contribution in [-0.2, 0) is 0 Å². The first-order valence-corrected chi connectivity index (χ1v) is 5.27. The highest BCUT2D eigenvalue weighted by molar-refractivity contribution is 8.26. The quantitative estimate of drug-likeness (QED) is 0.409. The fraction of sp³-hybridized carbons (Fsp3) is 0. The Morgan fingerprint density at radius 1 is 1.17 bits per heavy atom. The Hall–Kier alpha value is 0.530. The second-order valence-electron chi connectivity index (χ2n) is 1.94. The zero-order chi connectivity index (χ0) is 9.14. The third-order valence-electron chi connectivity index (χ3n) is 1.03. The zero-order valence-corrected chi connectivity index (χ0v) is 9.58. The third-order valence-corrected chi connectivity index (χ3v) is 2.58. The molecular weight excluding hydrogens is 255 g/mol. The van der Waals surface area contributed by atoms with Crippen molar-refractivity contribution in [2.24, 2.45) is 0 Å². The van der Waals surface area contributed by atoms with Crippen molar-refractivity contribution >= 4 is 62.4 Å². The lowest BCUT2D eigenvalue weighted by Crippen LogP contribution is -1.75. The van der Waals surface area contributed by atoms with Crippen LogP contribution < -0.4 is 0 Å². The highest BCUT2D eigenvalue weighted by Crippen LogP contribution is 2.28. The van der Waals surface area contributed by atoms with Crippen molar-refractivity contribution in [1.82, 2.24) is 0 Å². The summed E-state index contributed by atoms with van der Waals surface area (Å²) < 4.78 is 0.327. The molecule has 0 unspecified atom stereocenters. The lowest BCUT2D eigenvalue weighted by molar-refractivity contribution is 1.47. The Labute approximate surface area is 95.2 Å². The van der Waals surface area contributed by atoms with Gasteiger partial charge in [0, 0.05) is 14.9 Å². The summed E-state index contributed by atoms with van der Waals surface area (Å²) in [6, 6.07) is 5.17. The van der Waals surface area contributed by atoms with Crippen LogP contribution in [-0.4, -0.2) is 3.66 Å². The summed E-state index contributed by atoms with van der Waals surface area (Å²) in [4.78, 5) is 0.854. The van der Waals surface area contributed by atoms with Crippen LogP contribution in [0.3, 0.4) is 0 Å². The molecule has 0 saturated carbocycles. The van der Waals surface area contributed by atoms with Crippen LogP contribution in [0.2, 0.25) is 10.0 Å². The number of halogens is 3. The van der Waals surface area contributed by atoms with Crippen molar-refractivity contribution in [1.29, 1.82) is 0 Å². The number of benzene rings is 1. The van der Waals surface area contributed by atoms with Crippen LogP contribution in [0, 0.1) is 0 Å². The maximum Gasteiger partial charge on any atom is 0.141 e. The van der Waals surface area contributed by atoms with Gasteiger partial charge in [-0.3, -0.25) is 0 Å². The van der Waals surface area contributed by atoms with Gasteiger partial charge in [-0.05, 0) is 18.2 Å². The summed E-state index contributed by atoms with van der Waals surface area (Å²) in [7, 11) is 0. The molecule has 0 aliphatic carbocycles. The van der Waals surface area contributed by atoms with Crippen molar-refractivity contribution in [2.45, 2.75) is 4.90 Å². The Morgan fingerprint density at radius 2 is 1.67 bits per heavy atom. The Bertz CT molecular complexity index is 291. The predicted octanol–water partition coefficient (Wildman–Crippen LogP) is 4.61. The Morgan fingerprint density at radius 3 is 2.08 bits per heavy atom. The highest BCUT2D eigenvalue weighted by atomic mass is 35.5. The molecule has 0 N–H and O–H groups in total. The fourth-order valence-corrected chi connectivity index (χ4v) is 2.45. The molecule has 1 aromatic rings. The molecule has 12 heavy (non-hydrogen) atoms. The smallest absolute Gasteiger partial charge is 0.0842 e. The topological polar surface area (TPSA) is 0 Å². The molecule has 0 nitrogen and oxygen atoms in total. The highest BCUT2D eigenvalue weighted by Gasteiger charge is 2.00. The van der Waals surface area contributed by atoms with Gasteiger partial charge in [-0.15, -0.1) is 0 Å². The lowest BCUT2D eigenvalue weighted by Gasteiger charge is -1.99. The maximum atomic E-state index is 5.75. The molecular formula is C7H3Cl3S2. The normalized spacial score (nSPS) is 9.92. The minimum atomic E-state index is 0.327. The summed E-state index contributed by atoms with van der Waals surface area (Å²) in [5.74, 6) is 0. The van der Waals surface area contributed by atoms with Gasteiger partial charge in [0.25, 0.3) is 0 Å². The van der Waals surface area contributed by atoms with E-state index in [0.29, 0.717) is 13.7 Å². The van der Waals surface area contributed by atoms with E-state index in [1.165, 1.54) is 11.8 Å². The molecule has 0 aliphatic heterocycles. The van der Waals surface area contributed by atoms with Gasteiger partial charge in [-0.1, -0.05) is 58.8 Å². The number of thioether (sulfide) groups is 1. The van der Waals surface area contributed by atoms with Gasteiger partial charge in [-0.25, -0.2) is 0 Å². The molecule has 0 fully saturated rings. The van der Waals surface area contributed by atoms with Crippen LogP contribution in [0.25, 0.3) is 0 Å². The maximum absolute atomic E-state index is 5.75. The van der Waals surface area contributed by atoms with Crippen LogP contribution in [0.5, 0.6) is 0 Å². The van der Waals surface area contributed by atoms with E-state index < -0.39 is 0 Å². The predicted molar refractivity (Wildman–Crippen MR) is 60.8 cm³/mol. The van der Waals surface area contributed by atoms with Crippen LogP contribution in [0.4, 0.5) is 0 Å². The molecule has 1 rings (SSSR count). The van der Waals surface area contributed by atoms with Crippen LogP contribution >= 0.6 is 58.8 Å². The first-order valence-electron chi connectivity index (χ1n) is 2.91. The number of hydrogen-bond donors (Lipinski definition) is 0. The number of thiocarbonyl (C=S) groups is 1. The number of rotatable bonds is 1. The molecule has 0 bridgehead atoms. The van der Waals surface area contributed by atoms with Crippen LogP contribution in [0.15, 0.2) is 23.1 Å². The van der Waals surface area contributed by atoms with E-state index in [1.807, 2.05) is 0 Å². The third kappa shape index (κ3) is 3.50. The van der Waals surface area contributed by atoms with Crippen molar-refractivity contribution in [3.05, 3.63) is 28.2 Å². The van der Waals surface area contributed by atoms with Gasteiger partial charge in [0.15, 0.2) is 0 Å². The molecule has 5 heteroatoms. The molecule has 0 amide bonds. The van der Waals surface area contributed by atoms with E-state index in [9.17, 15) is 0 Å². The molecule has 0 heterocycles. The first kappa shape index (κ1) is 10.6. The monoisotopic (exact) mass is 256 g/mol. The van der Waals surface area contributed by atoms with Crippen molar-refractivity contribution in [3.8, 4) is 0 Å². The largest absolute Gasteiger partial charge is 0.141 e. The van der Waals surface area contributed by atoms with Gasteiger partial charge in [0.05, 0.1) is 0 Å². The SMILES string of the molecule is S=C(Cl)Sc1cc(Cl)cc(Cl)c1. The molecule has 64 valence electrons. The molecule has 0 radical (unpaired) electrons. The first-order chi connectivity index (χ1) is 5.58. The zero-order valence-electron chi connectivity index (χ0n) is 5.68. The van der Waals surface area contributed by atoms with Gasteiger partial charge >= 0.3 is 0 Å². The second-order valence-corrected chi connectivity index (χ2v) is 5.39. The van der Waals surface area contributed by atoms with Crippen molar-refractivity contribution in [2.75, 3.05) is 0 Å². The molecule has 1 aromatic carbocycles. The van der Waals surface area contributed by atoms with Gasteiger partial charge in [-0.2, -0.15) is 0 Å². The van der Waals surface area contributed by atoms with E-state index in [2.05, 4.69) is 0 Å². The van der Waals surface area contributed by atoms with E-state index in [-0.39, 0.29) is 0 Å². The lowest BCUT2D eigenvalue weighted by atomic mass is 10.4. The molecule has 0 aromatic heterocycles. The number of hydrogen-bond acceptors (Lipinski definition) is 2. The van der Waals surface area contributed by atoms with E-state index in [0.717, 1.165) is 4.90 Å². The molecule has 0 aliphatic rings. The summed E-state index contributed by atoms with van der Waals surface area (Å²) >= 11 is 23.0. The minimum Gasteiger partial charge on any atom is -0.0842 e. The van der Waals surface area contributed by atoms with Crippen molar-refractivity contribution in [3.63, 3.8) is 0 Å². The molecule has 0 spiro atoms. The second kappa shape index (κ2) is 4.68. The minimum absolute atomic E-state index is 0.327. The standard InChI is InChI=1S/C7H3Cl3S2/c8-4-1-5(9)3-6(2-4)12-7(10)11/h1-3H. The van der Waals surface area contributed by atoms with Gasteiger partial charge in [0.2, 0.25) is 0 Å². The van der Waals surface area contributed by atoms with Gasteiger partial charge < -0.3 is 0 Å². The van der Waals surface area contributed by atoms with Gasteiger partial charge in [0.1, 0.15) is 3.66 Å². The summed E-state index contributed by atoms with van der Waals surface area (Å²) in [5.41, 5.74) is 0. The van der Waals surface area contributed by atoms with E-state index in [4.69, 9.17) is 47.0 Å². The van der Waals surface area contributed by atoms with E-state index in [1.54, 1.807) is 18.2 Å². The fourth-order valence-electron chi connectivity index (χ4n) is 0.680.